The van der Waals surface area contributed by atoms with Crippen molar-refractivity contribution in [2.75, 3.05) is 16.9 Å². The fourth-order valence-corrected chi connectivity index (χ4v) is 6.98. The highest BCUT2D eigenvalue weighted by molar-refractivity contribution is 7.90. The van der Waals surface area contributed by atoms with E-state index >= 15 is 0 Å². The molecule has 4 aliphatic carbocycles. The summed E-state index contributed by atoms with van der Waals surface area (Å²) in [6.45, 7) is 0. The number of para-hydroxylation sites is 2. The third-order valence-electron chi connectivity index (χ3n) is 7.14. The molecule has 2 N–H and O–H groups in total. The number of amides is 1. The number of rotatable bonds is 5. The third-order valence-corrected chi connectivity index (χ3v) is 8.25. The van der Waals surface area contributed by atoms with Crippen molar-refractivity contribution >= 4 is 27.1 Å². The highest BCUT2D eigenvalue weighted by atomic mass is 32.2. The number of carbonyl (C=O) groups is 1. The predicted octanol–water partition coefficient (Wildman–Crippen LogP) is 4.72. The first-order valence-corrected chi connectivity index (χ1v) is 12.7. The standard InChI is InChI=1S/C24H28N2O3S/c1-30(28,29)20-6-4-5-19(12-20)23(27)25-21-7-2-3-8-22(21)26-24-13-16-9-17(14-24)11-18(10-16)15-24/h2-8,12,16-18,26H,9-11,13-15H2,1H3,(H,25,27). The molecule has 6 rings (SSSR count). The average molecular weight is 425 g/mol. The number of hydrogen-bond donors (Lipinski definition) is 2. The van der Waals surface area contributed by atoms with Crippen LogP contribution in [0.2, 0.25) is 0 Å². The minimum atomic E-state index is -3.36. The first-order chi connectivity index (χ1) is 14.3. The van der Waals surface area contributed by atoms with Gasteiger partial charge in [0.25, 0.3) is 5.91 Å². The van der Waals surface area contributed by atoms with E-state index < -0.39 is 9.84 Å². The van der Waals surface area contributed by atoms with Crippen LogP contribution in [-0.4, -0.2) is 26.1 Å². The molecule has 6 heteroatoms. The van der Waals surface area contributed by atoms with Gasteiger partial charge in [0.05, 0.1) is 16.3 Å². The van der Waals surface area contributed by atoms with Crippen LogP contribution in [0, 0.1) is 17.8 Å². The van der Waals surface area contributed by atoms with Gasteiger partial charge in [-0.1, -0.05) is 18.2 Å². The van der Waals surface area contributed by atoms with Crippen molar-refractivity contribution in [3.63, 3.8) is 0 Å². The largest absolute Gasteiger partial charge is 0.378 e. The zero-order chi connectivity index (χ0) is 20.9. The summed E-state index contributed by atoms with van der Waals surface area (Å²) in [4.78, 5) is 13.0. The molecule has 0 heterocycles. The van der Waals surface area contributed by atoms with Gasteiger partial charge in [-0.3, -0.25) is 4.79 Å². The van der Waals surface area contributed by atoms with Crippen molar-refractivity contribution in [3.8, 4) is 0 Å². The first kappa shape index (κ1) is 19.6. The minimum absolute atomic E-state index is 0.145. The van der Waals surface area contributed by atoms with Crippen molar-refractivity contribution in [3.05, 3.63) is 54.1 Å². The molecule has 158 valence electrons. The number of sulfone groups is 1. The maximum Gasteiger partial charge on any atom is 0.255 e. The van der Waals surface area contributed by atoms with Gasteiger partial charge in [0.15, 0.2) is 9.84 Å². The number of nitrogens with one attached hydrogen (secondary N) is 2. The molecule has 0 atom stereocenters. The van der Waals surface area contributed by atoms with Crippen LogP contribution in [0.25, 0.3) is 0 Å². The van der Waals surface area contributed by atoms with E-state index in [4.69, 9.17) is 0 Å². The summed E-state index contributed by atoms with van der Waals surface area (Å²) in [5.74, 6) is 2.21. The molecule has 1 amide bonds. The van der Waals surface area contributed by atoms with E-state index in [0.29, 0.717) is 5.56 Å². The Morgan fingerprint density at radius 1 is 0.900 bits per heavy atom. The molecule has 4 bridgehead atoms. The van der Waals surface area contributed by atoms with Gasteiger partial charge in [-0.25, -0.2) is 8.42 Å². The Kier molecular flexibility index (Phi) is 4.65. The Morgan fingerprint density at radius 3 is 2.10 bits per heavy atom. The summed E-state index contributed by atoms with van der Waals surface area (Å²) >= 11 is 0. The van der Waals surface area contributed by atoms with Gasteiger partial charge < -0.3 is 10.6 Å². The van der Waals surface area contributed by atoms with E-state index in [0.717, 1.165) is 35.4 Å². The van der Waals surface area contributed by atoms with Gasteiger partial charge in [-0.05, 0) is 86.6 Å². The van der Waals surface area contributed by atoms with E-state index in [-0.39, 0.29) is 16.3 Å². The molecule has 0 spiro atoms. The van der Waals surface area contributed by atoms with Crippen molar-refractivity contribution < 1.29 is 13.2 Å². The maximum absolute atomic E-state index is 12.9. The quantitative estimate of drug-likeness (QED) is 0.728. The minimum Gasteiger partial charge on any atom is -0.378 e. The number of benzene rings is 2. The van der Waals surface area contributed by atoms with Gasteiger partial charge in [-0.2, -0.15) is 0 Å². The molecule has 4 fully saturated rings. The first-order valence-electron chi connectivity index (χ1n) is 10.8. The molecule has 2 aromatic carbocycles. The molecule has 0 aromatic heterocycles. The van der Waals surface area contributed by atoms with Gasteiger partial charge >= 0.3 is 0 Å². The molecule has 4 aliphatic rings. The van der Waals surface area contributed by atoms with Crippen molar-refractivity contribution in [2.24, 2.45) is 17.8 Å². The third kappa shape index (κ3) is 3.73. The second-order valence-corrected chi connectivity index (χ2v) is 11.6. The lowest BCUT2D eigenvalue weighted by molar-refractivity contribution is 0.0107. The fraction of sp³-hybridized carbons (Fsp3) is 0.458. The molecule has 0 radical (unpaired) electrons. The maximum atomic E-state index is 12.9. The highest BCUT2D eigenvalue weighted by Crippen LogP contribution is 2.56. The Labute approximate surface area is 178 Å². The summed E-state index contributed by atoms with van der Waals surface area (Å²) in [5.41, 5.74) is 2.17. The monoisotopic (exact) mass is 424 g/mol. The van der Waals surface area contributed by atoms with Gasteiger partial charge in [0.1, 0.15) is 0 Å². The van der Waals surface area contributed by atoms with Crippen LogP contribution in [0.4, 0.5) is 11.4 Å². The van der Waals surface area contributed by atoms with Gasteiger partial charge in [0, 0.05) is 17.4 Å². The number of hydrogen-bond acceptors (Lipinski definition) is 4. The summed E-state index contributed by atoms with van der Waals surface area (Å²) in [6.07, 6.45) is 8.96. The van der Waals surface area contributed by atoms with E-state index in [9.17, 15) is 13.2 Å². The summed E-state index contributed by atoms with van der Waals surface area (Å²) in [7, 11) is -3.36. The van der Waals surface area contributed by atoms with E-state index in [2.05, 4.69) is 10.6 Å². The van der Waals surface area contributed by atoms with Crippen LogP contribution in [0.3, 0.4) is 0 Å². The SMILES string of the molecule is CS(=O)(=O)c1cccc(C(=O)Nc2ccccc2NC23CC4CC(CC(C4)C2)C3)c1. The normalized spacial score (nSPS) is 29.6. The van der Waals surface area contributed by atoms with Crippen LogP contribution < -0.4 is 10.6 Å². The summed E-state index contributed by atoms with van der Waals surface area (Å²) in [6, 6.07) is 14.0. The van der Waals surface area contributed by atoms with Crippen LogP contribution >= 0.6 is 0 Å². The van der Waals surface area contributed by atoms with Crippen LogP contribution in [0.15, 0.2) is 53.4 Å². The Morgan fingerprint density at radius 2 is 1.50 bits per heavy atom. The fourth-order valence-electron chi connectivity index (χ4n) is 6.31. The Balaban J connectivity index is 1.38. The lowest BCUT2D eigenvalue weighted by atomic mass is 9.53. The number of anilines is 2. The predicted molar refractivity (Wildman–Crippen MR) is 118 cm³/mol. The smallest absolute Gasteiger partial charge is 0.255 e. The molecule has 0 unspecified atom stereocenters. The molecule has 0 saturated heterocycles. The van der Waals surface area contributed by atoms with E-state index in [1.54, 1.807) is 12.1 Å². The van der Waals surface area contributed by atoms with Crippen LogP contribution in [0.1, 0.15) is 48.9 Å². The average Bonchev–Trinajstić information content (AvgIpc) is 2.67. The van der Waals surface area contributed by atoms with E-state index in [1.165, 1.54) is 50.7 Å². The summed E-state index contributed by atoms with van der Waals surface area (Å²) < 4.78 is 23.7. The van der Waals surface area contributed by atoms with Crippen molar-refractivity contribution in [1.29, 1.82) is 0 Å². The zero-order valence-electron chi connectivity index (χ0n) is 17.2. The molecular weight excluding hydrogens is 396 g/mol. The second kappa shape index (κ2) is 7.12. The highest BCUT2D eigenvalue weighted by Gasteiger charge is 2.51. The second-order valence-electron chi connectivity index (χ2n) is 9.62. The molecule has 5 nitrogen and oxygen atoms in total. The van der Waals surface area contributed by atoms with Crippen LogP contribution in [0.5, 0.6) is 0 Å². The van der Waals surface area contributed by atoms with Crippen LogP contribution in [-0.2, 0) is 9.84 Å². The lowest BCUT2D eigenvalue weighted by Gasteiger charge is -2.57. The molecule has 0 aliphatic heterocycles. The topological polar surface area (TPSA) is 75.3 Å². The van der Waals surface area contributed by atoms with Gasteiger partial charge in [-0.15, -0.1) is 0 Å². The molecule has 2 aromatic rings. The zero-order valence-corrected chi connectivity index (χ0v) is 18.0. The van der Waals surface area contributed by atoms with Crippen molar-refractivity contribution in [2.45, 2.75) is 49.0 Å². The summed E-state index contributed by atoms with van der Waals surface area (Å²) in [5, 5.41) is 6.83. The number of carbonyl (C=O) groups excluding carboxylic acids is 1. The van der Waals surface area contributed by atoms with Gasteiger partial charge in [0.2, 0.25) is 0 Å². The van der Waals surface area contributed by atoms with Crippen molar-refractivity contribution in [1.82, 2.24) is 0 Å². The molecule has 4 saturated carbocycles. The lowest BCUT2D eigenvalue weighted by Crippen LogP contribution is -2.54. The Hall–Kier alpha value is -2.34. The Bertz CT molecular complexity index is 1060. The van der Waals surface area contributed by atoms with E-state index in [1.807, 2.05) is 24.3 Å². The molecule has 30 heavy (non-hydrogen) atoms. The molecular formula is C24H28N2O3S.